The summed E-state index contributed by atoms with van der Waals surface area (Å²) in [7, 11) is 3.08. The first-order valence-corrected chi connectivity index (χ1v) is 6.81. The number of nitrogens with one attached hydrogen (secondary N) is 1. The molecule has 0 fully saturated rings. The van der Waals surface area contributed by atoms with Crippen molar-refractivity contribution in [3.63, 3.8) is 0 Å². The molecule has 1 unspecified atom stereocenters. The molecule has 122 valence electrons. The van der Waals surface area contributed by atoms with E-state index in [1.54, 1.807) is 31.4 Å². The van der Waals surface area contributed by atoms with E-state index in [-0.39, 0.29) is 18.9 Å². The van der Waals surface area contributed by atoms with Gasteiger partial charge in [-0.15, -0.1) is 0 Å². The number of carboxylic acids is 1. The standard InChI is InChI=1S/C15H21NO6/c1-20-9-10-22-8-7-13(17)16-14(15(18)19)11-3-5-12(21-2)6-4-11/h3-6,14H,7-10H2,1-2H3,(H,16,17)(H,18,19). The molecule has 1 amide bonds. The first-order valence-electron chi connectivity index (χ1n) is 6.81. The zero-order valence-corrected chi connectivity index (χ0v) is 12.7. The Bertz CT molecular complexity index is 473. The third-order valence-corrected chi connectivity index (χ3v) is 2.91. The number of benzene rings is 1. The molecule has 0 radical (unpaired) electrons. The summed E-state index contributed by atoms with van der Waals surface area (Å²) in [6.45, 7) is 1.06. The summed E-state index contributed by atoms with van der Waals surface area (Å²) in [4.78, 5) is 23.1. The monoisotopic (exact) mass is 311 g/mol. The summed E-state index contributed by atoms with van der Waals surface area (Å²) in [5, 5.41) is 11.7. The van der Waals surface area contributed by atoms with Crippen LogP contribution in [0.3, 0.4) is 0 Å². The van der Waals surface area contributed by atoms with E-state index in [1.807, 2.05) is 0 Å². The number of ether oxygens (including phenoxy) is 3. The highest BCUT2D eigenvalue weighted by Crippen LogP contribution is 2.18. The van der Waals surface area contributed by atoms with Gasteiger partial charge in [0, 0.05) is 13.5 Å². The molecule has 0 aliphatic carbocycles. The summed E-state index contributed by atoms with van der Waals surface area (Å²) in [6.07, 6.45) is 0.0870. The molecule has 0 aliphatic heterocycles. The lowest BCUT2D eigenvalue weighted by Gasteiger charge is -2.15. The van der Waals surface area contributed by atoms with Gasteiger partial charge in [-0.2, -0.15) is 0 Å². The molecule has 1 rings (SSSR count). The van der Waals surface area contributed by atoms with Crippen molar-refractivity contribution in [3.8, 4) is 5.75 Å². The molecule has 22 heavy (non-hydrogen) atoms. The summed E-state index contributed by atoms with van der Waals surface area (Å²) in [6, 6.07) is 5.40. The number of aliphatic carboxylic acids is 1. The Morgan fingerprint density at radius 2 is 1.82 bits per heavy atom. The average molecular weight is 311 g/mol. The van der Waals surface area contributed by atoms with Gasteiger partial charge >= 0.3 is 5.97 Å². The van der Waals surface area contributed by atoms with Crippen molar-refractivity contribution in [2.75, 3.05) is 34.0 Å². The molecule has 0 heterocycles. The highest BCUT2D eigenvalue weighted by Gasteiger charge is 2.21. The molecule has 7 nitrogen and oxygen atoms in total. The molecule has 2 N–H and O–H groups in total. The Kier molecular flexibility index (Phi) is 7.95. The Morgan fingerprint density at radius 1 is 1.14 bits per heavy atom. The molecule has 0 aromatic heterocycles. The van der Waals surface area contributed by atoms with E-state index in [0.29, 0.717) is 24.5 Å². The largest absolute Gasteiger partial charge is 0.497 e. The lowest BCUT2D eigenvalue weighted by Crippen LogP contribution is -2.34. The number of hydrogen-bond donors (Lipinski definition) is 2. The minimum absolute atomic E-state index is 0.0870. The van der Waals surface area contributed by atoms with Crippen LogP contribution in [0, 0.1) is 0 Å². The third kappa shape index (κ3) is 6.11. The molecular formula is C15H21NO6. The number of hydrogen-bond acceptors (Lipinski definition) is 5. The van der Waals surface area contributed by atoms with Crippen LogP contribution in [0.15, 0.2) is 24.3 Å². The first-order chi connectivity index (χ1) is 10.6. The summed E-state index contributed by atoms with van der Waals surface area (Å²) >= 11 is 0. The van der Waals surface area contributed by atoms with E-state index < -0.39 is 12.0 Å². The highest BCUT2D eigenvalue weighted by molar-refractivity contribution is 5.84. The molecule has 1 aromatic rings. The van der Waals surface area contributed by atoms with Gasteiger partial charge in [-0.25, -0.2) is 4.79 Å². The lowest BCUT2D eigenvalue weighted by atomic mass is 10.1. The van der Waals surface area contributed by atoms with Gasteiger partial charge in [0.05, 0.1) is 26.9 Å². The number of rotatable bonds is 10. The maximum atomic E-state index is 11.8. The SMILES string of the molecule is COCCOCCC(=O)NC(C(=O)O)c1ccc(OC)cc1. The molecule has 0 aliphatic rings. The van der Waals surface area contributed by atoms with Gasteiger partial charge < -0.3 is 24.6 Å². The molecule has 0 saturated carbocycles. The van der Waals surface area contributed by atoms with Gasteiger partial charge in [-0.05, 0) is 17.7 Å². The van der Waals surface area contributed by atoms with Crippen LogP contribution >= 0.6 is 0 Å². The zero-order chi connectivity index (χ0) is 16.4. The van der Waals surface area contributed by atoms with Crippen molar-refractivity contribution >= 4 is 11.9 Å². The Balaban J connectivity index is 2.52. The second-order valence-corrected chi connectivity index (χ2v) is 4.47. The van der Waals surface area contributed by atoms with Crippen LogP contribution < -0.4 is 10.1 Å². The van der Waals surface area contributed by atoms with Crippen molar-refractivity contribution in [3.05, 3.63) is 29.8 Å². The van der Waals surface area contributed by atoms with Gasteiger partial charge in [0.2, 0.25) is 5.91 Å². The van der Waals surface area contributed by atoms with Gasteiger partial charge in [-0.3, -0.25) is 4.79 Å². The number of carbonyl (C=O) groups is 2. The fraction of sp³-hybridized carbons (Fsp3) is 0.467. The first kappa shape index (κ1) is 17.9. The van der Waals surface area contributed by atoms with Gasteiger partial charge in [0.25, 0.3) is 0 Å². The summed E-state index contributed by atoms with van der Waals surface area (Å²) in [5.74, 6) is -0.898. The highest BCUT2D eigenvalue weighted by atomic mass is 16.5. The lowest BCUT2D eigenvalue weighted by molar-refractivity contribution is -0.142. The molecule has 7 heteroatoms. The van der Waals surface area contributed by atoms with E-state index >= 15 is 0 Å². The van der Waals surface area contributed by atoms with Gasteiger partial charge in [0.15, 0.2) is 6.04 Å². The second kappa shape index (κ2) is 9.75. The summed E-state index contributed by atoms with van der Waals surface area (Å²) in [5.41, 5.74) is 0.474. The van der Waals surface area contributed by atoms with Crippen LogP contribution in [-0.2, 0) is 19.1 Å². The average Bonchev–Trinajstić information content (AvgIpc) is 2.52. The smallest absolute Gasteiger partial charge is 0.330 e. The zero-order valence-electron chi connectivity index (χ0n) is 12.7. The Hall–Kier alpha value is -2.12. The van der Waals surface area contributed by atoms with Crippen LogP contribution in [-0.4, -0.2) is 51.0 Å². The maximum absolute atomic E-state index is 11.8. The second-order valence-electron chi connectivity index (χ2n) is 4.47. The van der Waals surface area contributed by atoms with Crippen LogP contribution in [0.4, 0.5) is 0 Å². The molecule has 0 bridgehead atoms. The van der Waals surface area contributed by atoms with Gasteiger partial charge in [-0.1, -0.05) is 12.1 Å². The van der Waals surface area contributed by atoms with Crippen molar-refractivity contribution in [2.45, 2.75) is 12.5 Å². The fourth-order valence-corrected chi connectivity index (χ4v) is 1.73. The summed E-state index contributed by atoms with van der Waals surface area (Å²) < 4.78 is 15.0. The number of carbonyl (C=O) groups excluding carboxylic acids is 1. The minimum atomic E-state index is -1.13. The molecule has 0 saturated heterocycles. The van der Waals surface area contributed by atoms with Crippen molar-refractivity contribution < 1.29 is 28.9 Å². The van der Waals surface area contributed by atoms with Crippen LogP contribution in [0.1, 0.15) is 18.0 Å². The third-order valence-electron chi connectivity index (χ3n) is 2.91. The van der Waals surface area contributed by atoms with Crippen molar-refractivity contribution in [1.82, 2.24) is 5.32 Å². The predicted octanol–water partition coefficient (Wildman–Crippen LogP) is 0.990. The minimum Gasteiger partial charge on any atom is -0.497 e. The number of amides is 1. The van der Waals surface area contributed by atoms with E-state index in [2.05, 4.69) is 5.32 Å². The van der Waals surface area contributed by atoms with Crippen molar-refractivity contribution in [2.24, 2.45) is 0 Å². The molecule has 1 atom stereocenters. The number of methoxy groups -OCH3 is 2. The Labute approximate surface area is 129 Å². The molecule has 1 aromatic carbocycles. The van der Waals surface area contributed by atoms with Crippen molar-refractivity contribution in [1.29, 1.82) is 0 Å². The van der Waals surface area contributed by atoms with Crippen LogP contribution in [0.5, 0.6) is 5.75 Å². The number of carboxylic acid groups (broad SMARTS) is 1. The quantitative estimate of drug-likeness (QED) is 0.626. The van der Waals surface area contributed by atoms with E-state index in [1.165, 1.54) is 7.11 Å². The van der Waals surface area contributed by atoms with E-state index in [9.17, 15) is 14.7 Å². The predicted molar refractivity (Wildman–Crippen MR) is 78.8 cm³/mol. The Morgan fingerprint density at radius 3 is 2.36 bits per heavy atom. The van der Waals surface area contributed by atoms with Crippen LogP contribution in [0.2, 0.25) is 0 Å². The van der Waals surface area contributed by atoms with Gasteiger partial charge in [0.1, 0.15) is 5.75 Å². The van der Waals surface area contributed by atoms with Crippen LogP contribution in [0.25, 0.3) is 0 Å². The topological polar surface area (TPSA) is 94.1 Å². The van der Waals surface area contributed by atoms with E-state index in [0.717, 1.165) is 0 Å². The normalized spacial score (nSPS) is 11.7. The fourth-order valence-electron chi connectivity index (χ4n) is 1.73. The molecular weight excluding hydrogens is 290 g/mol. The molecule has 0 spiro atoms. The van der Waals surface area contributed by atoms with E-state index in [4.69, 9.17) is 14.2 Å². The maximum Gasteiger partial charge on any atom is 0.330 e.